The Hall–Kier alpha value is -2.86. The van der Waals surface area contributed by atoms with Gasteiger partial charge in [0.2, 0.25) is 0 Å². The summed E-state index contributed by atoms with van der Waals surface area (Å²) in [5.74, 6) is 0.684. The second-order valence-electron chi connectivity index (χ2n) is 7.27. The van der Waals surface area contributed by atoms with E-state index in [2.05, 4.69) is 16.9 Å². The molecule has 0 N–H and O–H groups in total. The minimum Gasteiger partial charge on any atom is -0.296 e. The normalized spacial score (nSPS) is 11.9. The van der Waals surface area contributed by atoms with Crippen molar-refractivity contribution in [2.24, 2.45) is 0 Å². The van der Waals surface area contributed by atoms with E-state index in [4.69, 9.17) is 11.6 Å². The second-order valence-corrected chi connectivity index (χ2v) is 7.68. The van der Waals surface area contributed by atoms with Gasteiger partial charge in [0.15, 0.2) is 0 Å². The van der Waals surface area contributed by atoms with Crippen LogP contribution >= 0.6 is 11.6 Å². The van der Waals surface area contributed by atoms with Gasteiger partial charge in [-0.2, -0.15) is 13.2 Å². The number of hydrogen-bond donors (Lipinski definition) is 0. The Morgan fingerprint density at radius 2 is 1.77 bits per heavy atom. The molecule has 7 heteroatoms. The zero-order valence-corrected chi connectivity index (χ0v) is 17.4. The van der Waals surface area contributed by atoms with E-state index < -0.39 is 11.7 Å². The zero-order valence-electron chi connectivity index (χ0n) is 16.7. The van der Waals surface area contributed by atoms with Gasteiger partial charge in [-0.3, -0.25) is 9.55 Å². The summed E-state index contributed by atoms with van der Waals surface area (Å²) in [6.45, 7) is 3.88. The van der Waals surface area contributed by atoms with Crippen LogP contribution in [0.2, 0.25) is 5.02 Å². The van der Waals surface area contributed by atoms with Gasteiger partial charge >= 0.3 is 6.18 Å². The smallest absolute Gasteiger partial charge is 0.296 e. The molecule has 4 rings (SSSR count). The van der Waals surface area contributed by atoms with E-state index in [1.807, 2.05) is 47.0 Å². The van der Waals surface area contributed by atoms with Crippen LogP contribution in [0.5, 0.6) is 0 Å². The van der Waals surface area contributed by atoms with E-state index >= 15 is 0 Å². The molecule has 2 heterocycles. The predicted octanol–water partition coefficient (Wildman–Crippen LogP) is 6.64. The summed E-state index contributed by atoms with van der Waals surface area (Å²) in [6, 6.07) is 15.9. The lowest BCUT2D eigenvalue weighted by Crippen LogP contribution is -2.06. The van der Waals surface area contributed by atoms with Crippen molar-refractivity contribution >= 4 is 22.6 Å². The van der Waals surface area contributed by atoms with Gasteiger partial charge in [-0.05, 0) is 68.1 Å². The fourth-order valence-corrected chi connectivity index (χ4v) is 3.87. The predicted molar refractivity (Wildman–Crippen MR) is 116 cm³/mol. The molecular weight excluding hydrogens is 423 g/mol. The summed E-state index contributed by atoms with van der Waals surface area (Å²) >= 11 is 6.01. The lowest BCUT2D eigenvalue weighted by molar-refractivity contribution is -0.137. The summed E-state index contributed by atoms with van der Waals surface area (Å²) in [6.07, 6.45) is -0.0421. The minimum absolute atomic E-state index is 0.269. The first-order valence-electron chi connectivity index (χ1n) is 9.93. The standard InChI is InChI=1S/C24H20ClF3N3/c1-2-16-9-11-18(12-10-16)31-22-15-20(25)19(24(26,27)28)14-21(22)30-23(31)8-5-7-17-6-3-4-13-29-17/h3-4,6,9-15H,1-2,5,7-8H2. The fraction of sp³-hybridized carbons (Fsp3) is 0.208. The number of alkyl halides is 3. The monoisotopic (exact) mass is 442 g/mol. The van der Waals surface area contributed by atoms with Crippen LogP contribution < -0.4 is 0 Å². The molecule has 0 aliphatic rings. The van der Waals surface area contributed by atoms with Crippen molar-refractivity contribution in [2.75, 3.05) is 0 Å². The van der Waals surface area contributed by atoms with Crippen LogP contribution in [0.4, 0.5) is 13.2 Å². The summed E-state index contributed by atoms with van der Waals surface area (Å²) in [4.78, 5) is 8.88. The molecule has 0 atom stereocenters. The second kappa shape index (κ2) is 8.71. The first kappa shape index (κ1) is 21.4. The van der Waals surface area contributed by atoms with Crippen molar-refractivity contribution in [3.05, 3.63) is 95.4 Å². The Balaban J connectivity index is 1.76. The number of halogens is 4. The molecule has 159 valence electrons. The number of aromatic nitrogens is 3. The van der Waals surface area contributed by atoms with Crippen LogP contribution in [0.15, 0.2) is 60.8 Å². The highest BCUT2D eigenvalue weighted by atomic mass is 35.5. The highest BCUT2D eigenvalue weighted by molar-refractivity contribution is 6.32. The van der Waals surface area contributed by atoms with E-state index in [1.54, 1.807) is 6.20 Å². The number of rotatable bonds is 6. The molecule has 0 saturated heterocycles. The summed E-state index contributed by atoms with van der Waals surface area (Å²) < 4.78 is 41.9. The Labute approximate surface area is 183 Å². The highest BCUT2D eigenvalue weighted by Crippen LogP contribution is 2.38. The maximum atomic E-state index is 13.3. The van der Waals surface area contributed by atoms with Gasteiger partial charge in [-0.1, -0.05) is 29.8 Å². The van der Waals surface area contributed by atoms with Crippen LogP contribution in [-0.2, 0) is 25.4 Å². The fourth-order valence-electron chi connectivity index (χ4n) is 3.61. The van der Waals surface area contributed by atoms with E-state index in [9.17, 15) is 13.2 Å². The average molecular weight is 443 g/mol. The van der Waals surface area contributed by atoms with E-state index in [0.717, 1.165) is 35.9 Å². The van der Waals surface area contributed by atoms with Crippen LogP contribution in [0, 0.1) is 6.92 Å². The third kappa shape index (κ3) is 4.59. The lowest BCUT2D eigenvalue weighted by atomic mass is 10.1. The number of pyridine rings is 1. The summed E-state index contributed by atoms with van der Waals surface area (Å²) in [7, 11) is 0. The van der Waals surface area contributed by atoms with Gasteiger partial charge in [0.25, 0.3) is 0 Å². The maximum absolute atomic E-state index is 13.3. The van der Waals surface area contributed by atoms with Gasteiger partial charge in [0.1, 0.15) is 5.82 Å². The number of fused-ring (bicyclic) bond motifs is 1. The molecule has 3 nitrogen and oxygen atoms in total. The molecule has 0 amide bonds. The molecule has 2 aromatic carbocycles. The van der Waals surface area contributed by atoms with Crippen LogP contribution in [-0.4, -0.2) is 14.5 Å². The number of benzene rings is 2. The molecule has 1 radical (unpaired) electrons. The van der Waals surface area contributed by atoms with E-state index in [-0.39, 0.29) is 10.5 Å². The van der Waals surface area contributed by atoms with Gasteiger partial charge in [0.05, 0.1) is 21.6 Å². The first-order chi connectivity index (χ1) is 14.9. The van der Waals surface area contributed by atoms with Crippen molar-refractivity contribution in [1.29, 1.82) is 0 Å². The third-order valence-electron chi connectivity index (χ3n) is 5.16. The maximum Gasteiger partial charge on any atom is 0.417 e. The highest BCUT2D eigenvalue weighted by Gasteiger charge is 2.34. The molecule has 0 fully saturated rings. The number of nitrogens with zero attached hydrogens (tertiary/aromatic N) is 3. The molecular formula is C24H20ClF3N3. The summed E-state index contributed by atoms with van der Waals surface area (Å²) in [5.41, 5.74) is 2.80. The number of hydrogen-bond acceptors (Lipinski definition) is 2. The van der Waals surface area contributed by atoms with Crippen molar-refractivity contribution < 1.29 is 13.2 Å². The Morgan fingerprint density at radius 1 is 1.00 bits per heavy atom. The lowest BCUT2D eigenvalue weighted by Gasteiger charge is -2.12. The van der Waals surface area contributed by atoms with Crippen molar-refractivity contribution in [3.63, 3.8) is 0 Å². The van der Waals surface area contributed by atoms with Crippen molar-refractivity contribution in [2.45, 2.75) is 31.9 Å². The van der Waals surface area contributed by atoms with Crippen LogP contribution in [0.1, 0.15) is 29.1 Å². The quantitative estimate of drug-likeness (QED) is 0.335. The topological polar surface area (TPSA) is 30.7 Å². The molecule has 0 aliphatic carbocycles. The SMILES string of the molecule is [CH2]Cc1ccc(-n2c(CCCc3ccccn3)nc3cc(C(F)(F)F)c(Cl)cc32)cc1. The Bertz CT molecular complexity index is 1180. The van der Waals surface area contributed by atoms with Crippen LogP contribution in [0.3, 0.4) is 0 Å². The van der Waals surface area contributed by atoms with E-state index in [0.29, 0.717) is 24.2 Å². The Morgan fingerprint density at radius 3 is 2.42 bits per heavy atom. The van der Waals surface area contributed by atoms with Crippen molar-refractivity contribution in [1.82, 2.24) is 14.5 Å². The summed E-state index contributed by atoms with van der Waals surface area (Å²) in [5, 5.41) is -0.337. The van der Waals surface area contributed by atoms with Crippen molar-refractivity contribution in [3.8, 4) is 5.69 Å². The molecule has 0 bridgehead atoms. The minimum atomic E-state index is -4.54. The van der Waals surface area contributed by atoms with Gasteiger partial charge in [-0.15, -0.1) is 0 Å². The van der Waals surface area contributed by atoms with Gasteiger partial charge in [0, 0.05) is 24.0 Å². The molecule has 2 aromatic heterocycles. The largest absolute Gasteiger partial charge is 0.417 e. The molecule has 0 saturated carbocycles. The van der Waals surface area contributed by atoms with E-state index in [1.165, 1.54) is 6.07 Å². The molecule has 4 aromatic rings. The van der Waals surface area contributed by atoms with Crippen LogP contribution in [0.25, 0.3) is 16.7 Å². The first-order valence-corrected chi connectivity index (χ1v) is 10.3. The van der Waals surface area contributed by atoms with Gasteiger partial charge in [-0.25, -0.2) is 4.98 Å². The number of imidazole rings is 1. The third-order valence-corrected chi connectivity index (χ3v) is 5.47. The molecule has 0 unspecified atom stereocenters. The molecule has 31 heavy (non-hydrogen) atoms. The zero-order chi connectivity index (χ0) is 22.0. The Kier molecular flexibility index (Phi) is 6.01. The molecule has 0 aliphatic heterocycles. The van der Waals surface area contributed by atoms with Gasteiger partial charge < -0.3 is 0 Å². The molecule has 0 spiro atoms. The number of aryl methyl sites for hydroxylation is 2. The average Bonchev–Trinajstić information content (AvgIpc) is 3.10.